The van der Waals surface area contributed by atoms with Crippen molar-refractivity contribution in [2.24, 2.45) is 11.7 Å². The van der Waals surface area contributed by atoms with Crippen LogP contribution in [0.15, 0.2) is 12.1 Å². The van der Waals surface area contributed by atoms with Crippen LogP contribution in [0.5, 0.6) is 17.2 Å². The Labute approximate surface area is 139 Å². The third-order valence-corrected chi connectivity index (χ3v) is 3.25. The quantitative estimate of drug-likeness (QED) is 0.724. The van der Waals surface area contributed by atoms with Gasteiger partial charge in [-0.2, -0.15) is 0 Å². The molecular weight excluding hydrogens is 389 g/mol. The third kappa shape index (κ3) is 5.75. The number of ether oxygens (including phenoxy) is 3. The average molecular weight is 399 g/mol. The first-order valence-electron chi connectivity index (χ1n) is 6.86. The summed E-state index contributed by atoms with van der Waals surface area (Å²) in [6.07, 6.45) is -15.5. The Hall–Kier alpha value is -2.05. The monoisotopic (exact) mass is 399 g/mol. The summed E-state index contributed by atoms with van der Waals surface area (Å²) in [7, 11) is 0. The van der Waals surface area contributed by atoms with Crippen LogP contribution in [0.4, 0.5) is 39.5 Å². The van der Waals surface area contributed by atoms with Gasteiger partial charge >= 0.3 is 19.1 Å². The van der Waals surface area contributed by atoms with Gasteiger partial charge in [-0.1, -0.05) is 0 Å². The fraction of sp³-hybridized carbons (Fsp3) is 0.538. The van der Waals surface area contributed by atoms with Crippen molar-refractivity contribution in [3.05, 3.63) is 17.7 Å². The maximum atomic E-state index is 12.6. The Morgan fingerprint density at radius 2 is 1.19 bits per heavy atom. The van der Waals surface area contributed by atoms with E-state index in [1.807, 2.05) is 0 Å². The highest BCUT2D eigenvalue weighted by molar-refractivity contribution is 5.56. The minimum Gasteiger partial charge on any atom is -0.405 e. The van der Waals surface area contributed by atoms with Crippen molar-refractivity contribution in [2.45, 2.75) is 38.0 Å². The molecule has 0 spiro atoms. The molecule has 0 bridgehead atoms. The van der Waals surface area contributed by atoms with Crippen molar-refractivity contribution < 1.29 is 53.7 Å². The van der Waals surface area contributed by atoms with Crippen molar-refractivity contribution in [3.8, 4) is 17.2 Å². The second kappa shape index (κ2) is 6.59. The molecule has 4 nitrogen and oxygen atoms in total. The average Bonchev–Trinajstić information content (AvgIpc) is 3.20. The number of alkyl halides is 9. The van der Waals surface area contributed by atoms with E-state index in [0.717, 1.165) is 0 Å². The zero-order valence-corrected chi connectivity index (χ0v) is 12.4. The fourth-order valence-electron chi connectivity index (χ4n) is 2.21. The Balaban J connectivity index is 2.62. The molecule has 0 heterocycles. The zero-order valence-electron chi connectivity index (χ0n) is 12.4. The van der Waals surface area contributed by atoms with Gasteiger partial charge in [-0.3, -0.25) is 0 Å². The van der Waals surface area contributed by atoms with E-state index < -0.39 is 53.9 Å². The van der Waals surface area contributed by atoms with Gasteiger partial charge in [0.1, 0.15) is 5.75 Å². The van der Waals surface area contributed by atoms with Crippen LogP contribution in [0.3, 0.4) is 0 Å². The number of hydrogen-bond acceptors (Lipinski definition) is 4. The summed E-state index contributed by atoms with van der Waals surface area (Å²) in [5.74, 6) is -4.86. The van der Waals surface area contributed by atoms with Gasteiger partial charge in [-0.25, -0.2) is 0 Å². The Morgan fingerprint density at radius 3 is 1.62 bits per heavy atom. The van der Waals surface area contributed by atoms with Crippen molar-refractivity contribution in [3.63, 3.8) is 0 Å². The van der Waals surface area contributed by atoms with Gasteiger partial charge < -0.3 is 19.9 Å². The van der Waals surface area contributed by atoms with Crippen molar-refractivity contribution in [1.82, 2.24) is 0 Å². The Kier molecular flexibility index (Phi) is 5.14. The van der Waals surface area contributed by atoms with Gasteiger partial charge in [0.25, 0.3) is 0 Å². The predicted octanol–water partition coefficient (Wildman–Crippen LogP) is 4.79. The van der Waals surface area contributed by atoms with E-state index in [0.29, 0.717) is 18.9 Å². The molecule has 0 amide bonds. The van der Waals surface area contributed by atoms with Crippen LogP contribution in [0.1, 0.15) is 24.4 Å². The second-order valence-corrected chi connectivity index (χ2v) is 5.31. The van der Waals surface area contributed by atoms with Crippen LogP contribution in [0, 0.1) is 5.92 Å². The summed E-state index contributed by atoms with van der Waals surface area (Å²) < 4.78 is 123. The number of benzene rings is 1. The lowest BCUT2D eigenvalue weighted by molar-refractivity contribution is -0.288. The summed E-state index contributed by atoms with van der Waals surface area (Å²) in [5, 5.41) is 0. The highest BCUT2D eigenvalue weighted by atomic mass is 19.4. The lowest BCUT2D eigenvalue weighted by Gasteiger charge is -2.24. The minimum absolute atomic E-state index is 0.221. The fourth-order valence-corrected chi connectivity index (χ4v) is 2.21. The Bertz CT molecular complexity index is 650. The molecule has 0 aromatic heterocycles. The first-order chi connectivity index (χ1) is 11.7. The van der Waals surface area contributed by atoms with E-state index in [4.69, 9.17) is 5.73 Å². The molecule has 148 valence electrons. The largest absolute Gasteiger partial charge is 0.573 e. The predicted molar refractivity (Wildman–Crippen MR) is 66.1 cm³/mol. The van der Waals surface area contributed by atoms with E-state index in [9.17, 15) is 39.5 Å². The summed E-state index contributed by atoms with van der Waals surface area (Å²) in [6.45, 7) is 0. The third-order valence-electron chi connectivity index (χ3n) is 3.25. The highest BCUT2D eigenvalue weighted by Gasteiger charge is 2.43. The molecule has 1 saturated carbocycles. The molecule has 1 atom stereocenters. The molecule has 0 saturated heterocycles. The maximum Gasteiger partial charge on any atom is 0.573 e. The molecule has 1 fully saturated rings. The molecule has 2 rings (SSSR count). The van der Waals surface area contributed by atoms with Crippen LogP contribution < -0.4 is 19.9 Å². The van der Waals surface area contributed by atoms with E-state index in [2.05, 4.69) is 14.2 Å². The SMILES string of the molecule is NC(c1c(OC(F)(F)F)ccc(OC(F)(F)F)c1OC(F)(F)F)C1CC1. The van der Waals surface area contributed by atoms with Crippen LogP contribution >= 0.6 is 0 Å². The summed E-state index contributed by atoms with van der Waals surface area (Å²) in [6, 6.07) is -0.879. The van der Waals surface area contributed by atoms with Crippen molar-refractivity contribution in [2.75, 3.05) is 0 Å². The molecule has 1 aromatic rings. The smallest absolute Gasteiger partial charge is 0.405 e. The molecule has 1 aromatic carbocycles. The van der Waals surface area contributed by atoms with Gasteiger partial charge in [-0.15, -0.1) is 39.5 Å². The first-order valence-corrected chi connectivity index (χ1v) is 6.86. The van der Waals surface area contributed by atoms with Crippen LogP contribution in [0.25, 0.3) is 0 Å². The lowest BCUT2D eigenvalue weighted by Crippen LogP contribution is -2.26. The number of rotatable bonds is 5. The molecule has 13 heteroatoms. The topological polar surface area (TPSA) is 53.7 Å². The van der Waals surface area contributed by atoms with E-state index >= 15 is 0 Å². The van der Waals surface area contributed by atoms with Gasteiger partial charge in [-0.05, 0) is 30.9 Å². The number of nitrogens with two attached hydrogens (primary N) is 1. The molecule has 0 radical (unpaired) electrons. The standard InChI is InChI=1S/C13H10F9NO3/c14-11(15,16)24-6-3-4-7(25-12(17,18)19)10(26-13(20,21)22)8(6)9(23)5-1-2-5/h3-5,9H,1-2,23H2. The van der Waals surface area contributed by atoms with Gasteiger partial charge in [0.15, 0.2) is 11.5 Å². The molecule has 1 aliphatic rings. The van der Waals surface area contributed by atoms with Crippen LogP contribution in [-0.2, 0) is 0 Å². The van der Waals surface area contributed by atoms with Crippen molar-refractivity contribution >= 4 is 0 Å². The lowest BCUT2D eigenvalue weighted by atomic mass is 10.0. The summed E-state index contributed by atoms with van der Waals surface area (Å²) >= 11 is 0. The second-order valence-electron chi connectivity index (χ2n) is 5.31. The normalized spacial score (nSPS) is 17.0. The summed E-state index contributed by atoms with van der Waals surface area (Å²) in [4.78, 5) is 0. The molecular formula is C13H10F9NO3. The van der Waals surface area contributed by atoms with E-state index in [1.54, 1.807) is 0 Å². The molecule has 26 heavy (non-hydrogen) atoms. The first kappa shape index (κ1) is 20.3. The van der Waals surface area contributed by atoms with Gasteiger partial charge in [0.05, 0.1) is 5.56 Å². The van der Waals surface area contributed by atoms with Gasteiger partial charge in [0, 0.05) is 6.04 Å². The number of halogens is 9. The zero-order chi connectivity index (χ0) is 19.9. The molecule has 1 aliphatic carbocycles. The molecule has 1 unspecified atom stereocenters. The number of hydrogen-bond donors (Lipinski definition) is 1. The van der Waals surface area contributed by atoms with E-state index in [-0.39, 0.29) is 6.07 Å². The van der Waals surface area contributed by atoms with Gasteiger partial charge in [0.2, 0.25) is 0 Å². The van der Waals surface area contributed by atoms with Crippen LogP contribution in [0.2, 0.25) is 0 Å². The van der Waals surface area contributed by atoms with Crippen LogP contribution in [-0.4, -0.2) is 19.1 Å². The Morgan fingerprint density at radius 1 is 0.769 bits per heavy atom. The highest BCUT2D eigenvalue weighted by Crippen LogP contribution is 2.51. The van der Waals surface area contributed by atoms with E-state index in [1.165, 1.54) is 0 Å². The minimum atomic E-state index is -5.52. The van der Waals surface area contributed by atoms with Crippen molar-refractivity contribution in [1.29, 1.82) is 0 Å². The summed E-state index contributed by atoms with van der Waals surface area (Å²) in [5.41, 5.74) is 4.63. The molecule has 0 aliphatic heterocycles. The maximum absolute atomic E-state index is 12.6. The molecule has 2 N–H and O–H groups in total.